The second-order valence-corrected chi connectivity index (χ2v) is 5.45. The standard InChI is InChI=1S/C17H20N2/c18-16(12-17-6-1-2-9-19-17)11-13-7-8-14-4-3-5-15(14)10-13/h1-2,6-10,16H,3-5,11-12,18H2. The van der Waals surface area contributed by atoms with E-state index in [0.29, 0.717) is 0 Å². The molecule has 98 valence electrons. The molecule has 0 saturated carbocycles. The highest BCUT2D eigenvalue weighted by Crippen LogP contribution is 2.23. The van der Waals surface area contributed by atoms with Crippen LogP contribution in [0, 0.1) is 0 Å². The van der Waals surface area contributed by atoms with E-state index in [4.69, 9.17) is 5.73 Å². The van der Waals surface area contributed by atoms with Gasteiger partial charge in [-0.05, 0) is 54.5 Å². The Morgan fingerprint density at radius 3 is 2.79 bits per heavy atom. The van der Waals surface area contributed by atoms with Crippen LogP contribution in [0.25, 0.3) is 0 Å². The van der Waals surface area contributed by atoms with E-state index in [-0.39, 0.29) is 6.04 Å². The molecular weight excluding hydrogens is 232 g/mol. The van der Waals surface area contributed by atoms with Crippen molar-refractivity contribution in [3.05, 3.63) is 65.0 Å². The number of benzene rings is 1. The van der Waals surface area contributed by atoms with Gasteiger partial charge in [0.1, 0.15) is 0 Å². The van der Waals surface area contributed by atoms with Gasteiger partial charge < -0.3 is 5.73 Å². The maximum atomic E-state index is 6.24. The number of rotatable bonds is 4. The van der Waals surface area contributed by atoms with Gasteiger partial charge in [0.2, 0.25) is 0 Å². The molecule has 2 heteroatoms. The zero-order valence-corrected chi connectivity index (χ0v) is 11.2. The average molecular weight is 252 g/mol. The number of aromatic nitrogens is 1. The van der Waals surface area contributed by atoms with Crippen molar-refractivity contribution in [1.29, 1.82) is 0 Å². The van der Waals surface area contributed by atoms with Crippen molar-refractivity contribution in [2.24, 2.45) is 5.73 Å². The highest BCUT2D eigenvalue weighted by Gasteiger charge is 2.12. The molecule has 0 radical (unpaired) electrons. The van der Waals surface area contributed by atoms with Crippen LogP contribution in [0.1, 0.15) is 28.8 Å². The fraction of sp³-hybridized carbons (Fsp3) is 0.353. The Morgan fingerprint density at radius 2 is 1.95 bits per heavy atom. The molecule has 2 aromatic rings. The first kappa shape index (κ1) is 12.4. The lowest BCUT2D eigenvalue weighted by Crippen LogP contribution is -2.26. The van der Waals surface area contributed by atoms with Gasteiger partial charge in [-0.25, -0.2) is 0 Å². The van der Waals surface area contributed by atoms with Crippen LogP contribution in [-0.2, 0) is 25.7 Å². The van der Waals surface area contributed by atoms with E-state index in [9.17, 15) is 0 Å². The zero-order chi connectivity index (χ0) is 13.1. The van der Waals surface area contributed by atoms with Crippen LogP contribution in [0.15, 0.2) is 42.6 Å². The summed E-state index contributed by atoms with van der Waals surface area (Å²) in [6, 6.07) is 13.0. The molecule has 1 heterocycles. The van der Waals surface area contributed by atoms with Crippen LogP contribution in [0.3, 0.4) is 0 Å². The quantitative estimate of drug-likeness (QED) is 0.908. The van der Waals surface area contributed by atoms with E-state index in [2.05, 4.69) is 23.2 Å². The number of fused-ring (bicyclic) bond motifs is 1. The van der Waals surface area contributed by atoms with E-state index < -0.39 is 0 Å². The van der Waals surface area contributed by atoms with E-state index >= 15 is 0 Å². The van der Waals surface area contributed by atoms with Crippen molar-refractivity contribution >= 4 is 0 Å². The molecule has 1 aliphatic rings. The van der Waals surface area contributed by atoms with Crippen LogP contribution in [0.4, 0.5) is 0 Å². The van der Waals surface area contributed by atoms with Gasteiger partial charge in [-0.3, -0.25) is 4.98 Å². The third kappa shape index (κ3) is 3.02. The predicted molar refractivity (Wildman–Crippen MR) is 78.1 cm³/mol. The van der Waals surface area contributed by atoms with Gasteiger partial charge in [-0.15, -0.1) is 0 Å². The van der Waals surface area contributed by atoms with E-state index in [0.717, 1.165) is 18.5 Å². The third-order valence-electron chi connectivity index (χ3n) is 3.86. The van der Waals surface area contributed by atoms with Crippen molar-refractivity contribution in [3.8, 4) is 0 Å². The zero-order valence-electron chi connectivity index (χ0n) is 11.2. The van der Waals surface area contributed by atoms with Gasteiger partial charge >= 0.3 is 0 Å². The van der Waals surface area contributed by atoms with Gasteiger partial charge in [-0.1, -0.05) is 24.3 Å². The van der Waals surface area contributed by atoms with Gasteiger partial charge in [0.05, 0.1) is 0 Å². The minimum Gasteiger partial charge on any atom is -0.327 e. The summed E-state index contributed by atoms with van der Waals surface area (Å²) in [5.74, 6) is 0. The summed E-state index contributed by atoms with van der Waals surface area (Å²) in [6.07, 6.45) is 7.40. The van der Waals surface area contributed by atoms with Crippen molar-refractivity contribution in [1.82, 2.24) is 4.98 Å². The second-order valence-electron chi connectivity index (χ2n) is 5.45. The lowest BCUT2D eigenvalue weighted by molar-refractivity contribution is 0.654. The summed E-state index contributed by atoms with van der Waals surface area (Å²) < 4.78 is 0. The maximum Gasteiger partial charge on any atom is 0.0419 e. The molecule has 1 aliphatic carbocycles. The first-order valence-corrected chi connectivity index (χ1v) is 7.07. The highest BCUT2D eigenvalue weighted by atomic mass is 14.7. The molecule has 19 heavy (non-hydrogen) atoms. The average Bonchev–Trinajstić information content (AvgIpc) is 2.87. The Hall–Kier alpha value is -1.67. The Morgan fingerprint density at radius 1 is 1.05 bits per heavy atom. The Bertz CT molecular complexity index is 548. The summed E-state index contributed by atoms with van der Waals surface area (Å²) in [4.78, 5) is 4.34. The van der Waals surface area contributed by atoms with Gasteiger partial charge in [-0.2, -0.15) is 0 Å². The first-order chi connectivity index (χ1) is 9.31. The topological polar surface area (TPSA) is 38.9 Å². The molecule has 2 N–H and O–H groups in total. The Balaban J connectivity index is 1.65. The molecule has 0 spiro atoms. The van der Waals surface area contributed by atoms with Crippen molar-refractivity contribution in [3.63, 3.8) is 0 Å². The molecule has 0 aliphatic heterocycles. The molecule has 0 fully saturated rings. The van der Waals surface area contributed by atoms with Crippen molar-refractivity contribution in [2.45, 2.75) is 38.1 Å². The number of hydrogen-bond acceptors (Lipinski definition) is 2. The van der Waals surface area contributed by atoms with Crippen LogP contribution in [0.2, 0.25) is 0 Å². The lowest BCUT2D eigenvalue weighted by atomic mass is 9.99. The summed E-state index contributed by atoms with van der Waals surface area (Å²) in [7, 11) is 0. The number of aryl methyl sites for hydroxylation is 2. The molecule has 0 bridgehead atoms. The molecule has 1 unspecified atom stereocenters. The molecule has 2 nitrogen and oxygen atoms in total. The van der Waals surface area contributed by atoms with Gasteiger partial charge in [0.15, 0.2) is 0 Å². The Labute approximate surface area is 114 Å². The fourth-order valence-corrected chi connectivity index (χ4v) is 2.91. The van der Waals surface area contributed by atoms with Gasteiger partial charge in [0.25, 0.3) is 0 Å². The Kier molecular flexibility index (Phi) is 3.60. The number of nitrogens with zero attached hydrogens (tertiary/aromatic N) is 1. The highest BCUT2D eigenvalue weighted by molar-refractivity contribution is 5.35. The molecule has 1 aromatic heterocycles. The van der Waals surface area contributed by atoms with Gasteiger partial charge in [0, 0.05) is 24.4 Å². The van der Waals surface area contributed by atoms with E-state index in [1.807, 2.05) is 24.4 Å². The number of pyridine rings is 1. The van der Waals surface area contributed by atoms with Crippen LogP contribution in [-0.4, -0.2) is 11.0 Å². The summed E-state index contributed by atoms with van der Waals surface area (Å²) >= 11 is 0. The molecular formula is C17H20N2. The minimum absolute atomic E-state index is 0.148. The number of nitrogens with two attached hydrogens (primary N) is 1. The SMILES string of the molecule is NC(Cc1ccc2c(c1)CCC2)Cc1ccccn1. The normalized spacial score (nSPS) is 15.2. The molecule has 0 amide bonds. The van der Waals surface area contributed by atoms with E-state index in [1.165, 1.54) is 36.0 Å². The smallest absolute Gasteiger partial charge is 0.0419 e. The van der Waals surface area contributed by atoms with Crippen molar-refractivity contribution < 1.29 is 0 Å². The molecule has 3 rings (SSSR count). The summed E-state index contributed by atoms with van der Waals surface area (Å²) in [5, 5.41) is 0. The van der Waals surface area contributed by atoms with Crippen LogP contribution in [0.5, 0.6) is 0 Å². The second kappa shape index (κ2) is 5.54. The third-order valence-corrected chi connectivity index (χ3v) is 3.86. The van der Waals surface area contributed by atoms with Crippen LogP contribution < -0.4 is 5.73 Å². The largest absolute Gasteiger partial charge is 0.327 e. The first-order valence-electron chi connectivity index (χ1n) is 7.07. The molecule has 1 aromatic carbocycles. The fourth-order valence-electron chi connectivity index (χ4n) is 2.91. The lowest BCUT2D eigenvalue weighted by Gasteiger charge is -2.12. The van der Waals surface area contributed by atoms with Crippen LogP contribution >= 0.6 is 0 Å². The predicted octanol–water partition coefficient (Wildman–Crippen LogP) is 2.68. The summed E-state index contributed by atoms with van der Waals surface area (Å²) in [5.41, 5.74) is 11.7. The van der Waals surface area contributed by atoms with E-state index in [1.54, 1.807) is 0 Å². The minimum atomic E-state index is 0.148. The van der Waals surface area contributed by atoms with Crippen molar-refractivity contribution in [2.75, 3.05) is 0 Å². The maximum absolute atomic E-state index is 6.24. The monoisotopic (exact) mass is 252 g/mol. The molecule has 0 saturated heterocycles. The summed E-state index contributed by atoms with van der Waals surface area (Å²) in [6.45, 7) is 0. The number of hydrogen-bond donors (Lipinski definition) is 1. The molecule has 1 atom stereocenters.